The minimum atomic E-state index is 0.342. The minimum Gasteiger partial charge on any atom is -0.378 e. The van der Waals surface area contributed by atoms with Gasteiger partial charge in [-0.3, -0.25) is 4.79 Å². The molecule has 3 atom stereocenters. The van der Waals surface area contributed by atoms with Gasteiger partial charge in [0.15, 0.2) is 0 Å². The number of likely N-dealkylation sites (tertiary alicyclic amines) is 2. The van der Waals surface area contributed by atoms with Crippen LogP contribution in [-0.2, 0) is 9.53 Å². The van der Waals surface area contributed by atoms with Crippen LogP contribution < -0.4 is 0 Å². The van der Waals surface area contributed by atoms with Crippen LogP contribution in [0, 0.1) is 0 Å². The van der Waals surface area contributed by atoms with Crippen LogP contribution in [0.3, 0.4) is 0 Å². The van der Waals surface area contributed by atoms with Crippen LogP contribution in [0.1, 0.15) is 51.4 Å². The van der Waals surface area contributed by atoms with E-state index in [0.29, 0.717) is 30.5 Å². The number of amides is 1. The van der Waals surface area contributed by atoms with Crippen LogP contribution >= 0.6 is 0 Å². The lowest BCUT2D eigenvalue weighted by atomic mass is 10.0. The Bertz CT molecular complexity index is 341. The number of nitrogens with zero attached hydrogens (tertiary/aromatic N) is 2. The van der Waals surface area contributed by atoms with Gasteiger partial charge in [0.1, 0.15) is 0 Å². The smallest absolute Gasteiger partial charge is 0.222 e. The Labute approximate surface area is 122 Å². The Kier molecular flexibility index (Phi) is 4.61. The average molecular weight is 280 g/mol. The van der Waals surface area contributed by atoms with Crippen molar-refractivity contribution in [1.29, 1.82) is 0 Å². The third-order valence-corrected chi connectivity index (χ3v) is 5.34. The van der Waals surface area contributed by atoms with Crippen molar-refractivity contribution in [3.05, 3.63) is 0 Å². The molecule has 20 heavy (non-hydrogen) atoms. The average Bonchev–Trinajstić information content (AvgIpc) is 3.16. The maximum Gasteiger partial charge on any atom is 0.222 e. The van der Waals surface area contributed by atoms with Gasteiger partial charge in [-0.15, -0.1) is 0 Å². The molecule has 3 heterocycles. The van der Waals surface area contributed by atoms with Crippen LogP contribution in [0.5, 0.6) is 0 Å². The molecule has 4 nitrogen and oxygen atoms in total. The molecule has 3 saturated heterocycles. The van der Waals surface area contributed by atoms with Crippen LogP contribution in [0.25, 0.3) is 0 Å². The first kappa shape index (κ1) is 14.3. The van der Waals surface area contributed by atoms with Gasteiger partial charge >= 0.3 is 0 Å². The summed E-state index contributed by atoms with van der Waals surface area (Å²) in [6.07, 6.45) is 9.17. The third kappa shape index (κ3) is 3.01. The molecule has 3 rings (SSSR count). The number of rotatable bonds is 4. The number of carbonyl (C=O) groups is 1. The second-order valence-corrected chi connectivity index (χ2v) is 6.66. The van der Waals surface area contributed by atoms with E-state index in [2.05, 4.69) is 16.8 Å². The van der Waals surface area contributed by atoms with Gasteiger partial charge in [-0.2, -0.15) is 0 Å². The fourth-order valence-corrected chi connectivity index (χ4v) is 4.22. The summed E-state index contributed by atoms with van der Waals surface area (Å²) in [7, 11) is 2.21. The summed E-state index contributed by atoms with van der Waals surface area (Å²) in [6.45, 7) is 3.05. The first-order valence-corrected chi connectivity index (χ1v) is 8.37. The van der Waals surface area contributed by atoms with Crippen molar-refractivity contribution >= 4 is 5.91 Å². The maximum absolute atomic E-state index is 12.5. The summed E-state index contributed by atoms with van der Waals surface area (Å²) in [6, 6.07) is 1.07. The Balaban J connectivity index is 1.52. The quantitative estimate of drug-likeness (QED) is 0.790. The molecular formula is C16H28N2O2. The standard InChI is InChI=1S/C16H28N2O2/c1-17-10-2-6-14(17)15-7-3-11-18(15)16(19)9-8-13-5-4-12-20-13/h13-15H,2-12H2,1H3/t13-,14+,15-/m0/s1. The van der Waals surface area contributed by atoms with Crippen molar-refractivity contribution in [3.8, 4) is 0 Å². The van der Waals surface area contributed by atoms with Crippen molar-refractivity contribution in [2.45, 2.75) is 69.6 Å². The number of carbonyl (C=O) groups excluding carboxylic acids is 1. The van der Waals surface area contributed by atoms with E-state index in [1.54, 1.807) is 0 Å². The van der Waals surface area contributed by atoms with Gasteiger partial charge in [0, 0.05) is 31.7 Å². The summed E-state index contributed by atoms with van der Waals surface area (Å²) >= 11 is 0. The molecule has 0 saturated carbocycles. The van der Waals surface area contributed by atoms with Crippen molar-refractivity contribution in [3.63, 3.8) is 0 Å². The number of likely N-dealkylation sites (N-methyl/N-ethyl adjacent to an activating group) is 1. The normalized spacial score (nSPS) is 35.0. The van der Waals surface area contributed by atoms with Crippen LogP contribution in [-0.4, -0.2) is 60.6 Å². The van der Waals surface area contributed by atoms with Gasteiger partial charge in [-0.25, -0.2) is 0 Å². The van der Waals surface area contributed by atoms with E-state index < -0.39 is 0 Å². The van der Waals surface area contributed by atoms with E-state index in [1.807, 2.05) is 0 Å². The van der Waals surface area contributed by atoms with Gasteiger partial charge in [-0.05, 0) is 58.5 Å². The fourth-order valence-electron chi connectivity index (χ4n) is 4.22. The molecule has 3 fully saturated rings. The molecule has 114 valence electrons. The monoisotopic (exact) mass is 280 g/mol. The van der Waals surface area contributed by atoms with Crippen LogP contribution in [0.15, 0.2) is 0 Å². The molecule has 4 heteroatoms. The van der Waals surface area contributed by atoms with Crippen LogP contribution in [0.4, 0.5) is 0 Å². The molecule has 0 aromatic carbocycles. The van der Waals surface area contributed by atoms with E-state index in [9.17, 15) is 4.79 Å². The summed E-state index contributed by atoms with van der Waals surface area (Å²) in [5.41, 5.74) is 0. The maximum atomic E-state index is 12.5. The van der Waals surface area contributed by atoms with E-state index >= 15 is 0 Å². The molecule has 0 unspecified atom stereocenters. The van der Waals surface area contributed by atoms with Crippen molar-refractivity contribution in [1.82, 2.24) is 9.80 Å². The first-order chi connectivity index (χ1) is 9.75. The molecule has 0 N–H and O–H groups in total. The zero-order valence-corrected chi connectivity index (χ0v) is 12.7. The van der Waals surface area contributed by atoms with Crippen molar-refractivity contribution in [2.24, 2.45) is 0 Å². The lowest BCUT2D eigenvalue weighted by Gasteiger charge is -2.33. The Morgan fingerprint density at radius 3 is 2.60 bits per heavy atom. The molecular weight excluding hydrogens is 252 g/mol. The highest BCUT2D eigenvalue weighted by Crippen LogP contribution is 2.30. The van der Waals surface area contributed by atoms with Gasteiger partial charge in [0.2, 0.25) is 5.91 Å². The summed E-state index contributed by atoms with van der Waals surface area (Å²) in [5.74, 6) is 0.364. The lowest BCUT2D eigenvalue weighted by molar-refractivity contribution is -0.133. The second-order valence-electron chi connectivity index (χ2n) is 6.66. The zero-order chi connectivity index (χ0) is 13.9. The molecule has 1 amide bonds. The van der Waals surface area contributed by atoms with E-state index in [-0.39, 0.29) is 0 Å². The van der Waals surface area contributed by atoms with Gasteiger partial charge in [0.05, 0.1) is 6.10 Å². The Hall–Kier alpha value is -0.610. The highest BCUT2D eigenvalue weighted by Gasteiger charge is 2.38. The van der Waals surface area contributed by atoms with Gasteiger partial charge < -0.3 is 14.5 Å². The fraction of sp³-hybridized carbons (Fsp3) is 0.938. The topological polar surface area (TPSA) is 32.8 Å². The van der Waals surface area contributed by atoms with Crippen LogP contribution in [0.2, 0.25) is 0 Å². The third-order valence-electron chi connectivity index (χ3n) is 5.34. The number of hydrogen-bond acceptors (Lipinski definition) is 3. The first-order valence-electron chi connectivity index (χ1n) is 8.37. The zero-order valence-electron chi connectivity index (χ0n) is 12.7. The Morgan fingerprint density at radius 2 is 1.90 bits per heavy atom. The van der Waals surface area contributed by atoms with E-state index in [4.69, 9.17) is 4.74 Å². The second kappa shape index (κ2) is 6.44. The highest BCUT2D eigenvalue weighted by atomic mass is 16.5. The molecule has 0 aromatic rings. The van der Waals surface area contributed by atoms with Crippen molar-refractivity contribution in [2.75, 3.05) is 26.7 Å². The largest absolute Gasteiger partial charge is 0.378 e. The molecule has 0 bridgehead atoms. The molecule has 0 aliphatic carbocycles. The summed E-state index contributed by atoms with van der Waals surface area (Å²) < 4.78 is 5.63. The Morgan fingerprint density at radius 1 is 1.10 bits per heavy atom. The van der Waals surface area contributed by atoms with Gasteiger partial charge in [0.25, 0.3) is 0 Å². The minimum absolute atomic E-state index is 0.342. The molecule has 3 aliphatic rings. The lowest BCUT2D eigenvalue weighted by Crippen LogP contribution is -2.47. The molecule has 0 spiro atoms. The summed E-state index contributed by atoms with van der Waals surface area (Å²) in [5, 5.41) is 0. The molecule has 0 aromatic heterocycles. The predicted molar refractivity (Wildman–Crippen MR) is 78.6 cm³/mol. The molecule has 3 aliphatic heterocycles. The van der Waals surface area contributed by atoms with Gasteiger partial charge in [-0.1, -0.05) is 0 Å². The SMILES string of the molecule is CN1CCC[C@@H]1[C@@H]1CCCN1C(=O)CC[C@@H]1CCCO1. The number of hydrogen-bond donors (Lipinski definition) is 0. The predicted octanol–water partition coefficient (Wildman–Crippen LogP) is 2.03. The van der Waals surface area contributed by atoms with Crippen molar-refractivity contribution < 1.29 is 9.53 Å². The van der Waals surface area contributed by atoms with E-state index in [1.165, 1.54) is 32.2 Å². The number of ether oxygens (including phenoxy) is 1. The van der Waals surface area contributed by atoms with E-state index in [0.717, 1.165) is 32.4 Å². The molecule has 0 radical (unpaired) electrons. The highest BCUT2D eigenvalue weighted by molar-refractivity contribution is 5.77. The summed E-state index contributed by atoms with van der Waals surface area (Å²) in [4.78, 5) is 17.2.